The van der Waals surface area contributed by atoms with Crippen molar-refractivity contribution in [2.75, 3.05) is 13.7 Å². The Kier molecular flexibility index (Phi) is 9.17. The Hall–Kier alpha value is -3.13. The van der Waals surface area contributed by atoms with Gasteiger partial charge >= 0.3 is 0 Å². The van der Waals surface area contributed by atoms with E-state index in [1.54, 1.807) is 17.9 Å². The van der Waals surface area contributed by atoms with Crippen LogP contribution in [0, 0.1) is 0 Å². The van der Waals surface area contributed by atoms with E-state index in [0.29, 0.717) is 18.9 Å². The van der Waals surface area contributed by atoms with Crippen molar-refractivity contribution in [2.24, 2.45) is 0 Å². The molecule has 0 bridgehead atoms. The lowest BCUT2D eigenvalue weighted by molar-refractivity contribution is 0.0914. The molecule has 0 radical (unpaired) electrons. The van der Waals surface area contributed by atoms with Gasteiger partial charge in [-0.1, -0.05) is 44.2 Å². The van der Waals surface area contributed by atoms with Crippen molar-refractivity contribution < 1.29 is 19.1 Å². The average molecular weight is 496 g/mol. The van der Waals surface area contributed by atoms with E-state index in [4.69, 9.17) is 9.47 Å². The van der Waals surface area contributed by atoms with Gasteiger partial charge in [-0.15, -0.1) is 0 Å². The molecule has 2 aliphatic rings. The Labute approximate surface area is 212 Å². The maximum absolute atomic E-state index is 13.3. The van der Waals surface area contributed by atoms with E-state index in [0.717, 1.165) is 44.1 Å². The highest BCUT2D eigenvalue weighted by Gasteiger charge is 2.23. The summed E-state index contributed by atoms with van der Waals surface area (Å²) in [6.07, 6.45) is 12.5. The van der Waals surface area contributed by atoms with Crippen LogP contribution in [0.15, 0.2) is 41.5 Å². The van der Waals surface area contributed by atoms with E-state index in [1.165, 1.54) is 25.5 Å². The lowest BCUT2D eigenvalue weighted by Gasteiger charge is -2.21. The number of amides is 2. The van der Waals surface area contributed by atoms with Crippen molar-refractivity contribution in [2.45, 2.75) is 83.0 Å². The van der Waals surface area contributed by atoms with Gasteiger partial charge in [-0.2, -0.15) is 0 Å². The number of nitrogens with zero attached hydrogens (tertiary/aromatic N) is 1. The molecular formula is C28H37N3O5. The first-order valence-electron chi connectivity index (χ1n) is 13.1. The van der Waals surface area contributed by atoms with E-state index in [1.807, 2.05) is 24.3 Å². The fraction of sp³-hybridized carbons (Fsp3) is 0.536. The summed E-state index contributed by atoms with van der Waals surface area (Å²) in [6.45, 7) is 1.42. The molecule has 1 aromatic carbocycles. The van der Waals surface area contributed by atoms with Gasteiger partial charge in [0, 0.05) is 38.1 Å². The third-order valence-electron chi connectivity index (χ3n) is 7.03. The Morgan fingerprint density at radius 1 is 1.00 bits per heavy atom. The van der Waals surface area contributed by atoms with Gasteiger partial charge in [-0.3, -0.25) is 14.4 Å². The summed E-state index contributed by atoms with van der Waals surface area (Å²) in [5, 5.41) is 5.89. The Morgan fingerprint density at radius 3 is 2.42 bits per heavy atom. The molecule has 4 rings (SSSR count). The lowest BCUT2D eigenvalue weighted by Crippen LogP contribution is -2.40. The number of benzene rings is 1. The molecule has 36 heavy (non-hydrogen) atoms. The van der Waals surface area contributed by atoms with E-state index in [9.17, 15) is 14.4 Å². The molecule has 1 saturated heterocycles. The zero-order valence-electron chi connectivity index (χ0n) is 21.1. The molecule has 8 nitrogen and oxygen atoms in total. The molecule has 2 fully saturated rings. The third-order valence-corrected chi connectivity index (χ3v) is 7.03. The maximum atomic E-state index is 13.3. The van der Waals surface area contributed by atoms with Crippen molar-refractivity contribution in [3.63, 3.8) is 0 Å². The highest BCUT2D eigenvalue weighted by molar-refractivity contribution is 5.99. The standard InChI is InChI=1S/C28H37N3O5/c1-35-22-12-7-9-20(15-22)16-29-27(33)24-18-31(17-23-13-8-14-36-23)19-25(26(24)32)28(34)30-21-10-5-3-2-4-6-11-21/h7,9,12,15,18-19,21,23H,2-6,8,10-11,13-14,16-17H2,1H3,(H,29,33)(H,30,34)/t23-/m1/s1. The molecule has 1 saturated carbocycles. The molecule has 1 aliphatic heterocycles. The molecule has 2 aromatic rings. The summed E-state index contributed by atoms with van der Waals surface area (Å²) in [6, 6.07) is 7.42. The first-order chi connectivity index (χ1) is 17.5. The van der Waals surface area contributed by atoms with Crippen molar-refractivity contribution in [1.82, 2.24) is 15.2 Å². The van der Waals surface area contributed by atoms with Crippen LogP contribution in [0.5, 0.6) is 5.75 Å². The van der Waals surface area contributed by atoms with Crippen LogP contribution < -0.4 is 20.8 Å². The number of hydrogen-bond donors (Lipinski definition) is 2. The lowest BCUT2D eigenvalue weighted by atomic mass is 9.96. The molecule has 1 aliphatic carbocycles. The van der Waals surface area contributed by atoms with E-state index in [-0.39, 0.29) is 29.8 Å². The Morgan fingerprint density at radius 2 is 1.72 bits per heavy atom. The van der Waals surface area contributed by atoms with Gasteiger partial charge in [-0.25, -0.2) is 0 Å². The number of aromatic nitrogens is 1. The SMILES string of the molecule is COc1cccc(CNC(=O)c2cn(C[C@H]3CCCO3)cc(C(=O)NC3CCCCCCC3)c2=O)c1. The zero-order valence-corrected chi connectivity index (χ0v) is 21.1. The number of carbonyl (C=O) groups is 2. The second kappa shape index (κ2) is 12.7. The van der Waals surface area contributed by atoms with E-state index >= 15 is 0 Å². The van der Waals surface area contributed by atoms with Gasteiger partial charge in [0.2, 0.25) is 5.43 Å². The first-order valence-corrected chi connectivity index (χ1v) is 13.1. The van der Waals surface area contributed by atoms with Crippen LogP contribution >= 0.6 is 0 Å². The molecule has 2 heterocycles. The van der Waals surface area contributed by atoms with Crippen molar-refractivity contribution in [3.05, 3.63) is 63.6 Å². The molecular weight excluding hydrogens is 458 g/mol. The van der Waals surface area contributed by atoms with Gasteiger partial charge < -0.3 is 24.7 Å². The summed E-state index contributed by atoms with van der Waals surface area (Å²) in [7, 11) is 1.58. The number of pyridine rings is 1. The zero-order chi connectivity index (χ0) is 25.3. The third kappa shape index (κ3) is 6.97. The molecule has 2 N–H and O–H groups in total. The molecule has 0 unspecified atom stereocenters. The summed E-state index contributed by atoms with van der Waals surface area (Å²) in [5.41, 5.74) is 0.260. The topological polar surface area (TPSA) is 98.7 Å². The van der Waals surface area contributed by atoms with Crippen molar-refractivity contribution >= 4 is 11.8 Å². The van der Waals surface area contributed by atoms with Crippen molar-refractivity contribution in [1.29, 1.82) is 0 Å². The van der Waals surface area contributed by atoms with Crippen LogP contribution in [0.3, 0.4) is 0 Å². The molecule has 2 amide bonds. The minimum Gasteiger partial charge on any atom is -0.497 e. The van der Waals surface area contributed by atoms with Gasteiger partial charge in [0.05, 0.1) is 13.2 Å². The molecule has 8 heteroatoms. The first kappa shape index (κ1) is 25.9. The van der Waals surface area contributed by atoms with Crippen LogP contribution in [0.1, 0.15) is 84.1 Å². The van der Waals surface area contributed by atoms with E-state index < -0.39 is 17.2 Å². The van der Waals surface area contributed by atoms with Crippen LogP contribution in [0.4, 0.5) is 0 Å². The molecule has 194 valence electrons. The second-order valence-electron chi connectivity index (χ2n) is 9.80. The number of nitrogens with one attached hydrogen (secondary N) is 2. The van der Waals surface area contributed by atoms with E-state index in [2.05, 4.69) is 10.6 Å². The Balaban J connectivity index is 1.55. The van der Waals surface area contributed by atoms with Gasteiger partial charge in [-0.05, 0) is 43.4 Å². The summed E-state index contributed by atoms with van der Waals surface area (Å²) in [4.78, 5) is 39.7. The normalized spacial score (nSPS) is 18.8. The molecule has 1 atom stereocenters. The number of methoxy groups -OCH3 is 1. The van der Waals surface area contributed by atoms with Crippen LogP contribution in [-0.2, 0) is 17.8 Å². The number of hydrogen-bond acceptors (Lipinski definition) is 5. The van der Waals surface area contributed by atoms with Gasteiger partial charge in [0.25, 0.3) is 11.8 Å². The summed E-state index contributed by atoms with van der Waals surface area (Å²) in [5.74, 6) is -0.229. The minimum absolute atomic E-state index is 0.00159. The largest absolute Gasteiger partial charge is 0.497 e. The van der Waals surface area contributed by atoms with Crippen molar-refractivity contribution in [3.8, 4) is 5.75 Å². The smallest absolute Gasteiger partial charge is 0.257 e. The number of carbonyl (C=O) groups excluding carboxylic acids is 2. The maximum Gasteiger partial charge on any atom is 0.257 e. The monoisotopic (exact) mass is 495 g/mol. The second-order valence-corrected chi connectivity index (χ2v) is 9.80. The van der Waals surface area contributed by atoms with Gasteiger partial charge in [0.15, 0.2) is 0 Å². The number of rotatable bonds is 8. The minimum atomic E-state index is -0.551. The van der Waals surface area contributed by atoms with Gasteiger partial charge in [0.1, 0.15) is 16.9 Å². The van der Waals surface area contributed by atoms with Crippen LogP contribution in [-0.4, -0.2) is 42.2 Å². The Bertz CT molecular complexity index is 1100. The highest BCUT2D eigenvalue weighted by atomic mass is 16.5. The summed E-state index contributed by atoms with van der Waals surface area (Å²) < 4.78 is 12.7. The average Bonchev–Trinajstić information content (AvgIpc) is 3.38. The highest BCUT2D eigenvalue weighted by Crippen LogP contribution is 2.18. The summed E-state index contributed by atoms with van der Waals surface area (Å²) >= 11 is 0. The van der Waals surface area contributed by atoms with Crippen LogP contribution in [0.2, 0.25) is 0 Å². The quantitative estimate of drug-likeness (QED) is 0.580. The fourth-order valence-electron chi connectivity index (χ4n) is 5.01. The van der Waals surface area contributed by atoms with Crippen LogP contribution in [0.25, 0.3) is 0 Å². The predicted molar refractivity (Wildman–Crippen MR) is 137 cm³/mol. The fourth-order valence-corrected chi connectivity index (χ4v) is 5.01. The molecule has 0 spiro atoms. The number of ether oxygens (including phenoxy) is 2. The predicted octanol–water partition coefficient (Wildman–Crippen LogP) is 3.81. The molecule has 1 aromatic heterocycles.